The molecule has 0 saturated carbocycles. The smallest absolute Gasteiger partial charge is 0.255 e. The maximum Gasteiger partial charge on any atom is 0.255 e. The minimum absolute atomic E-state index is 0.0532. The van der Waals surface area contributed by atoms with Gasteiger partial charge < -0.3 is 26.6 Å². The summed E-state index contributed by atoms with van der Waals surface area (Å²) in [7, 11) is 2.10. The van der Waals surface area contributed by atoms with Crippen molar-refractivity contribution in [2.24, 2.45) is 0 Å². The number of nitrogens with zero attached hydrogens (tertiary/aromatic N) is 2. The van der Waals surface area contributed by atoms with Crippen molar-refractivity contribution in [2.45, 2.75) is 0 Å². The molecule has 1 heterocycles. The molecule has 3 aromatic rings. The van der Waals surface area contributed by atoms with Gasteiger partial charge >= 0.3 is 0 Å². The quantitative estimate of drug-likeness (QED) is 0.562. The standard InChI is InChI=1S/C24H26FN5O/c1-29-10-12-30(13-11-29)23-9-5-17(16-2-6-19(26)7-3-16)15-22(23)28-24(31)18-4-8-20(25)21(27)14-18/h2-9,14-15H,10-13,26-27H2,1H3,(H,28,31). The van der Waals surface area contributed by atoms with Gasteiger partial charge in [-0.25, -0.2) is 4.39 Å². The van der Waals surface area contributed by atoms with Gasteiger partial charge in [0.1, 0.15) is 5.82 Å². The van der Waals surface area contributed by atoms with E-state index in [2.05, 4.69) is 22.2 Å². The van der Waals surface area contributed by atoms with Crippen LogP contribution in [-0.4, -0.2) is 44.0 Å². The molecule has 1 amide bonds. The molecule has 0 radical (unpaired) electrons. The number of carbonyl (C=O) groups excluding carboxylic acids is 1. The van der Waals surface area contributed by atoms with Gasteiger partial charge in [0, 0.05) is 37.4 Å². The van der Waals surface area contributed by atoms with Crippen LogP contribution in [-0.2, 0) is 0 Å². The molecule has 7 heteroatoms. The molecule has 0 atom stereocenters. The Morgan fingerprint density at radius 1 is 0.903 bits per heavy atom. The summed E-state index contributed by atoms with van der Waals surface area (Å²) >= 11 is 0. The van der Waals surface area contributed by atoms with E-state index in [-0.39, 0.29) is 11.6 Å². The van der Waals surface area contributed by atoms with Crippen LogP contribution in [0.2, 0.25) is 0 Å². The molecule has 0 aliphatic carbocycles. The summed E-state index contributed by atoms with van der Waals surface area (Å²) in [5.74, 6) is -0.878. The van der Waals surface area contributed by atoms with Crippen molar-refractivity contribution in [3.63, 3.8) is 0 Å². The van der Waals surface area contributed by atoms with E-state index in [1.807, 2.05) is 42.5 Å². The molecular weight excluding hydrogens is 393 g/mol. The first kappa shape index (κ1) is 20.7. The SMILES string of the molecule is CN1CCN(c2ccc(-c3ccc(N)cc3)cc2NC(=O)c2ccc(F)c(N)c2)CC1. The van der Waals surface area contributed by atoms with Crippen molar-refractivity contribution in [1.82, 2.24) is 4.90 Å². The highest BCUT2D eigenvalue weighted by Gasteiger charge is 2.19. The number of benzene rings is 3. The number of anilines is 4. The summed E-state index contributed by atoms with van der Waals surface area (Å²) in [6.45, 7) is 3.62. The molecule has 6 nitrogen and oxygen atoms in total. The fraction of sp³-hybridized carbons (Fsp3) is 0.208. The van der Waals surface area contributed by atoms with Crippen LogP contribution >= 0.6 is 0 Å². The lowest BCUT2D eigenvalue weighted by molar-refractivity contribution is 0.102. The zero-order chi connectivity index (χ0) is 22.0. The number of nitrogens with two attached hydrogens (primary N) is 2. The van der Waals surface area contributed by atoms with Crippen molar-refractivity contribution < 1.29 is 9.18 Å². The van der Waals surface area contributed by atoms with Crippen LogP contribution < -0.4 is 21.7 Å². The van der Waals surface area contributed by atoms with Crippen LogP contribution in [0.5, 0.6) is 0 Å². The van der Waals surface area contributed by atoms with Crippen LogP contribution in [0.1, 0.15) is 10.4 Å². The van der Waals surface area contributed by atoms with Gasteiger partial charge in [0.05, 0.1) is 17.1 Å². The zero-order valence-corrected chi connectivity index (χ0v) is 17.4. The number of hydrogen-bond donors (Lipinski definition) is 3. The van der Waals surface area contributed by atoms with Crippen molar-refractivity contribution in [3.8, 4) is 11.1 Å². The van der Waals surface area contributed by atoms with E-state index in [9.17, 15) is 9.18 Å². The Labute approximate surface area is 181 Å². The summed E-state index contributed by atoms with van der Waals surface area (Å²) in [6, 6.07) is 17.6. The van der Waals surface area contributed by atoms with Crippen LogP contribution in [0.4, 0.5) is 27.1 Å². The normalized spacial score (nSPS) is 14.5. The number of halogens is 1. The molecule has 1 aliphatic heterocycles. The van der Waals surface area contributed by atoms with Gasteiger partial charge in [0.2, 0.25) is 0 Å². The third-order valence-electron chi connectivity index (χ3n) is 5.59. The Hall–Kier alpha value is -3.58. The molecule has 0 spiro atoms. The van der Waals surface area contributed by atoms with Crippen LogP contribution in [0.3, 0.4) is 0 Å². The minimum atomic E-state index is -0.542. The van der Waals surface area contributed by atoms with Crippen molar-refractivity contribution >= 4 is 28.7 Å². The Bertz CT molecular complexity index is 1090. The number of hydrogen-bond acceptors (Lipinski definition) is 5. The largest absolute Gasteiger partial charge is 0.399 e. The molecule has 3 aromatic carbocycles. The van der Waals surface area contributed by atoms with Gasteiger partial charge in [0.25, 0.3) is 5.91 Å². The van der Waals surface area contributed by atoms with E-state index in [1.165, 1.54) is 18.2 Å². The summed E-state index contributed by atoms with van der Waals surface area (Å²) in [5.41, 5.74) is 16.0. The van der Waals surface area contributed by atoms with Gasteiger partial charge in [-0.1, -0.05) is 18.2 Å². The Kier molecular flexibility index (Phi) is 5.77. The Morgan fingerprint density at radius 2 is 1.58 bits per heavy atom. The first-order valence-electron chi connectivity index (χ1n) is 10.2. The molecule has 0 bridgehead atoms. The van der Waals surface area contributed by atoms with E-state index < -0.39 is 5.82 Å². The van der Waals surface area contributed by atoms with Crippen molar-refractivity contribution in [2.75, 3.05) is 54.9 Å². The Morgan fingerprint density at radius 3 is 2.26 bits per heavy atom. The summed E-state index contributed by atoms with van der Waals surface area (Å²) < 4.78 is 13.5. The van der Waals surface area contributed by atoms with Gasteiger partial charge in [-0.3, -0.25) is 4.79 Å². The average molecular weight is 420 g/mol. The van der Waals surface area contributed by atoms with E-state index >= 15 is 0 Å². The molecule has 4 rings (SSSR count). The Balaban J connectivity index is 1.69. The van der Waals surface area contributed by atoms with Gasteiger partial charge in [-0.15, -0.1) is 0 Å². The molecule has 0 unspecified atom stereocenters. The third-order valence-corrected chi connectivity index (χ3v) is 5.59. The van der Waals surface area contributed by atoms with Gasteiger partial charge in [-0.05, 0) is 60.6 Å². The topological polar surface area (TPSA) is 87.6 Å². The minimum Gasteiger partial charge on any atom is -0.399 e. The lowest BCUT2D eigenvalue weighted by Crippen LogP contribution is -2.44. The van der Waals surface area contributed by atoms with Crippen LogP contribution in [0.25, 0.3) is 11.1 Å². The van der Waals surface area contributed by atoms with E-state index in [1.54, 1.807) is 0 Å². The van der Waals surface area contributed by atoms with E-state index in [0.29, 0.717) is 16.9 Å². The molecule has 1 aliphatic rings. The number of carbonyl (C=O) groups is 1. The second kappa shape index (κ2) is 8.65. The monoisotopic (exact) mass is 419 g/mol. The number of amides is 1. The van der Waals surface area contributed by atoms with Crippen molar-refractivity contribution in [3.05, 3.63) is 72.0 Å². The molecule has 160 valence electrons. The highest BCUT2D eigenvalue weighted by Crippen LogP contribution is 2.33. The average Bonchev–Trinajstić information content (AvgIpc) is 2.77. The number of nitrogen functional groups attached to an aromatic ring is 2. The fourth-order valence-electron chi connectivity index (χ4n) is 3.69. The predicted octanol–water partition coefficient (Wildman–Crippen LogP) is 3.66. The maximum absolute atomic E-state index is 13.5. The molecule has 1 fully saturated rings. The van der Waals surface area contributed by atoms with Gasteiger partial charge in [0.15, 0.2) is 0 Å². The highest BCUT2D eigenvalue weighted by atomic mass is 19.1. The van der Waals surface area contributed by atoms with Crippen molar-refractivity contribution in [1.29, 1.82) is 0 Å². The fourth-order valence-corrected chi connectivity index (χ4v) is 3.69. The third kappa shape index (κ3) is 4.62. The van der Waals surface area contributed by atoms with Crippen LogP contribution in [0, 0.1) is 5.82 Å². The number of piperazine rings is 1. The summed E-state index contributed by atoms with van der Waals surface area (Å²) in [4.78, 5) is 17.5. The second-order valence-electron chi connectivity index (χ2n) is 7.83. The maximum atomic E-state index is 13.5. The number of rotatable bonds is 4. The van der Waals surface area contributed by atoms with Crippen LogP contribution in [0.15, 0.2) is 60.7 Å². The molecule has 31 heavy (non-hydrogen) atoms. The summed E-state index contributed by atoms with van der Waals surface area (Å²) in [5, 5.41) is 3.01. The molecule has 0 aromatic heterocycles. The molecular formula is C24H26FN5O. The summed E-state index contributed by atoms with van der Waals surface area (Å²) in [6.07, 6.45) is 0. The molecule has 1 saturated heterocycles. The van der Waals surface area contributed by atoms with E-state index in [0.717, 1.165) is 43.0 Å². The van der Waals surface area contributed by atoms with E-state index in [4.69, 9.17) is 11.5 Å². The first-order chi connectivity index (χ1) is 14.9. The van der Waals surface area contributed by atoms with Gasteiger partial charge in [-0.2, -0.15) is 0 Å². The number of likely N-dealkylation sites (N-methyl/N-ethyl adjacent to an activating group) is 1. The number of nitrogens with one attached hydrogen (secondary N) is 1. The first-order valence-corrected chi connectivity index (χ1v) is 10.2. The highest BCUT2D eigenvalue weighted by molar-refractivity contribution is 6.06. The zero-order valence-electron chi connectivity index (χ0n) is 17.4. The predicted molar refractivity (Wildman–Crippen MR) is 125 cm³/mol. The lowest BCUT2D eigenvalue weighted by Gasteiger charge is -2.35. The second-order valence-corrected chi connectivity index (χ2v) is 7.83. The molecule has 5 N–H and O–H groups in total. The lowest BCUT2D eigenvalue weighted by atomic mass is 10.0.